The highest BCUT2D eigenvalue weighted by Crippen LogP contribution is 2.21. The second kappa shape index (κ2) is 5.95. The number of nitrogens with one attached hydrogen (secondary N) is 2. The lowest BCUT2D eigenvalue weighted by Crippen LogP contribution is -2.20. The van der Waals surface area contributed by atoms with Crippen molar-refractivity contribution in [3.63, 3.8) is 0 Å². The van der Waals surface area contributed by atoms with Gasteiger partial charge in [-0.25, -0.2) is 13.1 Å². The Morgan fingerprint density at radius 1 is 1.60 bits per heavy atom. The van der Waals surface area contributed by atoms with Gasteiger partial charge in [-0.3, -0.25) is 0 Å². The molecule has 0 amide bonds. The molecule has 1 heterocycles. The van der Waals surface area contributed by atoms with Gasteiger partial charge in [0.2, 0.25) is 10.0 Å². The molecule has 0 aliphatic heterocycles. The minimum absolute atomic E-state index is 0.112. The maximum atomic E-state index is 12.8. The summed E-state index contributed by atoms with van der Waals surface area (Å²) in [5, 5.41) is -0.851. The summed E-state index contributed by atoms with van der Waals surface area (Å²) in [5.74, 6) is 0. The number of aromatic nitrogens is 1. The first kappa shape index (κ1) is 3.88. The van der Waals surface area contributed by atoms with Gasteiger partial charge in [0.1, 0.15) is 1.41 Å². The lowest BCUT2D eigenvalue weighted by Gasteiger charge is -2.08. The molecule has 0 unspecified atom stereocenters. The summed E-state index contributed by atoms with van der Waals surface area (Å²) in [4.78, 5) is -0.371. The van der Waals surface area contributed by atoms with Crippen LogP contribution in [-0.2, 0) is 22.1 Å². The van der Waals surface area contributed by atoms with E-state index in [1.54, 1.807) is 0 Å². The van der Waals surface area contributed by atoms with Gasteiger partial charge in [0.25, 0.3) is 0 Å². The average Bonchev–Trinajstić information content (AvgIpc) is 2.92. The van der Waals surface area contributed by atoms with Crippen molar-refractivity contribution in [1.82, 2.24) is 14.6 Å². The zero-order valence-corrected chi connectivity index (χ0v) is 10.6. The van der Waals surface area contributed by atoms with Crippen molar-refractivity contribution in [2.75, 3.05) is 27.4 Å². The maximum Gasteiger partial charge on any atom is 0.215 e. The Balaban J connectivity index is 3.00. The predicted octanol–water partition coefficient (Wildman–Crippen LogP) is 1.32. The fourth-order valence-electron chi connectivity index (χ4n) is 1.37. The van der Waals surface area contributed by atoms with Gasteiger partial charge in [-0.05, 0) is 50.6 Å². The molecule has 1 aromatic carbocycles. The number of nitrogens with zero attached hydrogens (tertiary/aromatic N) is 1. The molecule has 2 aromatic rings. The van der Waals surface area contributed by atoms with Gasteiger partial charge in [0.05, 0.1) is 11.2 Å². The molecule has 6 heteroatoms. The summed E-state index contributed by atoms with van der Waals surface area (Å²) in [6.45, 7) is -14.2. The van der Waals surface area contributed by atoms with Gasteiger partial charge in [0.15, 0.2) is 1.41 Å². The number of sulfonamides is 1. The van der Waals surface area contributed by atoms with Crippen molar-refractivity contribution >= 4 is 20.9 Å². The zero-order chi connectivity index (χ0) is 31.1. The van der Waals surface area contributed by atoms with Crippen molar-refractivity contribution in [3.8, 4) is 0 Å². The molecular formula is C14H21N3O2S. The normalized spacial score (nSPS) is 29.8. The third-order valence-electron chi connectivity index (χ3n) is 2.16. The summed E-state index contributed by atoms with van der Waals surface area (Å²) < 4.78 is 172. The molecule has 0 aliphatic rings. The van der Waals surface area contributed by atoms with Gasteiger partial charge in [-0.2, -0.15) is 0 Å². The van der Waals surface area contributed by atoms with Crippen molar-refractivity contribution in [2.24, 2.45) is 0 Å². The lowest BCUT2D eigenvalue weighted by molar-refractivity contribution is 0.414. The Morgan fingerprint density at radius 2 is 2.45 bits per heavy atom. The second-order valence-corrected chi connectivity index (χ2v) is 4.85. The first-order valence-corrected chi connectivity index (χ1v) is 6.46. The molecule has 0 fully saturated rings. The summed E-state index contributed by atoms with van der Waals surface area (Å²) in [5.41, 5.74) is -7.09. The number of likely N-dealkylation sites (N-methyl/N-ethyl adjacent to an activating group) is 1. The van der Waals surface area contributed by atoms with Crippen LogP contribution in [0.1, 0.15) is 34.4 Å². The Hall–Kier alpha value is -1.37. The Morgan fingerprint density at radius 3 is 3.20 bits per heavy atom. The Kier molecular flexibility index (Phi) is 1.15. The van der Waals surface area contributed by atoms with E-state index in [0.29, 0.717) is 0 Å². The standard InChI is InChI=1S/C14H21N3O2S/c1-15-20(18,19)10-11-4-5-14-13(8-11)12(9-16-14)6-7-17(2)3/h4-5,8-9,15-16H,6-7,10H2,1-3H3/i1D3,2D3,3D3,4D,5D,7D2,8D,9D,10D2/hD2. The monoisotopic (exact) mass is 314 g/mol. The third kappa shape index (κ3) is 3.59. The number of hydrogen-bond acceptors (Lipinski definition) is 3. The predicted molar refractivity (Wildman–Crippen MR) is 82.2 cm³/mol. The summed E-state index contributed by atoms with van der Waals surface area (Å²) in [6.07, 6.45) is -2.36. The molecule has 0 aliphatic carbocycles. The third-order valence-corrected chi connectivity index (χ3v) is 2.86. The van der Waals surface area contributed by atoms with Crippen LogP contribution < -0.4 is 4.72 Å². The van der Waals surface area contributed by atoms with Crippen LogP contribution in [0.15, 0.2) is 24.3 Å². The first-order chi connectivity index (χ1) is 17.0. The Bertz CT molecular complexity index is 1370. The van der Waals surface area contributed by atoms with Gasteiger partial charge < -0.3 is 9.88 Å². The van der Waals surface area contributed by atoms with Crippen LogP contribution in [0.4, 0.5) is 0 Å². The second-order valence-electron chi connectivity index (χ2n) is 3.51. The molecule has 0 saturated carbocycles. The molecule has 0 bridgehead atoms. The molecule has 20 heavy (non-hydrogen) atoms. The quantitative estimate of drug-likeness (QED) is 0.845. The number of aryl methyl sites for hydroxylation is 1. The van der Waals surface area contributed by atoms with E-state index in [4.69, 9.17) is 26.1 Å². The fourth-order valence-corrected chi connectivity index (χ4v) is 1.78. The van der Waals surface area contributed by atoms with Crippen LogP contribution in [0.5, 0.6) is 0 Å². The summed E-state index contributed by atoms with van der Waals surface area (Å²) in [6, 6.07) is -3.77. The van der Waals surface area contributed by atoms with Gasteiger partial charge in [-0.15, -0.1) is 0 Å². The van der Waals surface area contributed by atoms with E-state index in [1.165, 1.54) is 0 Å². The van der Waals surface area contributed by atoms with Gasteiger partial charge in [0, 0.05) is 41.4 Å². The topological polar surface area (TPSA) is 65.2 Å². The molecule has 2 rings (SSSR count). The van der Waals surface area contributed by atoms with Crippen LogP contribution >= 0.6 is 0 Å². The molecule has 0 radical (unpaired) electrons. The number of fused-ring (bicyclic) bond motifs is 1. The minimum Gasteiger partial charge on any atom is -0.361 e. The van der Waals surface area contributed by atoms with Crippen LogP contribution in [0.25, 0.3) is 10.9 Å². The number of aromatic amines is 1. The highest BCUT2D eigenvalue weighted by molar-refractivity contribution is 7.88. The summed E-state index contributed by atoms with van der Waals surface area (Å²) in [7, 11) is -5.87. The Labute approximate surface area is 146 Å². The van der Waals surface area contributed by atoms with E-state index in [9.17, 15) is 8.42 Å². The molecule has 1 aromatic heterocycles. The molecule has 0 atom stereocenters. The number of rotatable bonds is 6. The summed E-state index contributed by atoms with van der Waals surface area (Å²) >= 11 is 0. The lowest BCUT2D eigenvalue weighted by atomic mass is 10.1. The van der Waals surface area contributed by atoms with Crippen LogP contribution in [0, 0.1) is 0 Å². The highest BCUT2D eigenvalue weighted by Gasteiger charge is 2.11. The van der Waals surface area contributed by atoms with Crippen LogP contribution in [0.3, 0.4) is 0 Å². The molecular weight excluding hydrogens is 274 g/mol. The van der Waals surface area contributed by atoms with Crippen molar-refractivity contribution in [3.05, 3.63) is 35.4 Å². The molecule has 110 valence electrons. The molecule has 5 nitrogen and oxygen atoms in total. The van der Waals surface area contributed by atoms with Gasteiger partial charge >= 0.3 is 0 Å². The van der Waals surface area contributed by atoms with E-state index in [1.807, 2.05) is 0 Å². The maximum absolute atomic E-state index is 12.8. The van der Waals surface area contributed by atoms with E-state index in [-0.39, 0.29) is 4.98 Å². The van der Waals surface area contributed by atoms with Crippen LogP contribution in [-0.4, -0.2) is 45.7 Å². The molecule has 0 spiro atoms. The van der Waals surface area contributed by atoms with E-state index < -0.39 is 106 Å². The van der Waals surface area contributed by atoms with Gasteiger partial charge in [-0.1, -0.05) is 6.04 Å². The molecule has 2 N–H and O–H groups in total. The van der Waals surface area contributed by atoms with Crippen molar-refractivity contribution < 1.29 is 34.5 Å². The first-order valence-electron chi connectivity index (χ1n) is 14.4. The van der Waals surface area contributed by atoms with Crippen molar-refractivity contribution in [1.29, 1.82) is 0 Å². The van der Waals surface area contributed by atoms with Crippen LogP contribution in [0.2, 0.25) is 2.82 Å². The largest absolute Gasteiger partial charge is 0.361 e. The zero-order valence-electron chi connectivity index (χ0n) is 28.8. The smallest absolute Gasteiger partial charge is 0.215 e. The number of benzene rings is 1. The number of hydrogen-bond donors (Lipinski definition) is 2. The van der Waals surface area contributed by atoms with Crippen molar-refractivity contribution in [2.45, 2.75) is 12.1 Å². The average molecular weight is 315 g/mol. The van der Waals surface area contributed by atoms with E-state index >= 15 is 0 Å². The minimum atomic E-state index is -5.87. The SMILES string of the molecule is [2H]c1c(C([2H])([2H])S(=O)(=O)N([2H])C([2H])([2H])[2H])c([2H])c2c(CC([2H])([2H])N(C([2H])([2H])[2H])C([2H])([2H])[2H])c([2H])n([2H])c2c1[2H]. The number of H-pyrrole nitrogens is 1. The highest BCUT2D eigenvalue weighted by atomic mass is 32.2. The fraction of sp³-hybridized carbons (Fsp3) is 0.429. The van der Waals surface area contributed by atoms with E-state index in [2.05, 4.69) is 0 Å². The van der Waals surface area contributed by atoms with E-state index in [0.717, 1.165) is 0 Å². The molecule has 0 saturated heterocycles.